The van der Waals surface area contributed by atoms with Gasteiger partial charge in [-0.2, -0.15) is 0 Å². The van der Waals surface area contributed by atoms with Crippen molar-refractivity contribution in [2.24, 2.45) is 5.84 Å². The van der Waals surface area contributed by atoms with Crippen LogP contribution in [0.3, 0.4) is 0 Å². The Bertz CT molecular complexity index is 798. The van der Waals surface area contributed by atoms with Crippen molar-refractivity contribution in [2.45, 2.75) is 11.2 Å². The SMILES string of the molecule is Cl.Cl.NNC(=O)CSc1nc2ccccc2n1C1CS(=O)(=O)C1. The molecule has 1 aromatic carbocycles. The van der Waals surface area contributed by atoms with Gasteiger partial charge in [-0.25, -0.2) is 19.2 Å². The zero-order chi connectivity index (χ0) is 15.0. The van der Waals surface area contributed by atoms with Gasteiger partial charge in [0.05, 0.1) is 34.3 Å². The van der Waals surface area contributed by atoms with Crippen molar-refractivity contribution >= 4 is 63.4 Å². The van der Waals surface area contributed by atoms with Gasteiger partial charge in [-0.15, -0.1) is 24.8 Å². The molecule has 7 nitrogen and oxygen atoms in total. The lowest BCUT2D eigenvalue weighted by molar-refractivity contribution is -0.118. The number of thioether (sulfide) groups is 1. The smallest absolute Gasteiger partial charge is 0.244 e. The molecule has 1 aromatic heterocycles. The highest BCUT2D eigenvalue weighted by Gasteiger charge is 2.36. The number of aromatic nitrogens is 2. The lowest BCUT2D eigenvalue weighted by atomic mass is 10.3. The van der Waals surface area contributed by atoms with E-state index >= 15 is 0 Å². The highest BCUT2D eigenvalue weighted by Crippen LogP contribution is 2.33. The number of imidazole rings is 1. The molecule has 11 heteroatoms. The average molecular weight is 399 g/mol. The summed E-state index contributed by atoms with van der Waals surface area (Å²) < 4.78 is 24.8. The zero-order valence-corrected chi connectivity index (χ0v) is 15.1. The molecular formula is C12H16Cl2N4O3S2. The van der Waals surface area contributed by atoms with Gasteiger partial charge in [0.25, 0.3) is 0 Å². The molecule has 2 heterocycles. The molecule has 3 rings (SSSR count). The second-order valence-electron chi connectivity index (χ2n) is 4.84. The molecule has 1 amide bonds. The predicted octanol–water partition coefficient (Wildman–Crippen LogP) is 0.931. The molecule has 23 heavy (non-hydrogen) atoms. The maximum atomic E-state index is 11.4. The molecule has 128 valence electrons. The molecule has 3 N–H and O–H groups in total. The van der Waals surface area contributed by atoms with Gasteiger partial charge in [0.1, 0.15) is 0 Å². The second kappa shape index (κ2) is 7.71. The third-order valence-corrected chi connectivity index (χ3v) is 6.05. The molecular weight excluding hydrogens is 383 g/mol. The van der Waals surface area contributed by atoms with Crippen LogP contribution >= 0.6 is 36.6 Å². The van der Waals surface area contributed by atoms with Crippen LogP contribution < -0.4 is 11.3 Å². The Kier molecular flexibility index (Phi) is 6.72. The number of sulfone groups is 1. The van der Waals surface area contributed by atoms with Crippen LogP contribution in [0.15, 0.2) is 29.4 Å². The molecule has 0 unspecified atom stereocenters. The summed E-state index contributed by atoms with van der Waals surface area (Å²) in [4.78, 5) is 15.8. The van der Waals surface area contributed by atoms with E-state index in [0.717, 1.165) is 11.0 Å². The van der Waals surface area contributed by atoms with Gasteiger partial charge in [0, 0.05) is 0 Å². The molecule has 0 atom stereocenters. The molecule has 0 spiro atoms. The lowest BCUT2D eigenvalue weighted by Crippen LogP contribution is -2.38. The molecule has 1 saturated heterocycles. The number of hydrazine groups is 1. The fourth-order valence-electron chi connectivity index (χ4n) is 2.34. The number of benzene rings is 1. The predicted molar refractivity (Wildman–Crippen MR) is 95.0 cm³/mol. The van der Waals surface area contributed by atoms with E-state index in [0.29, 0.717) is 5.16 Å². The first-order valence-electron chi connectivity index (χ1n) is 6.30. The number of halogens is 2. The van der Waals surface area contributed by atoms with Crippen LogP contribution in [0, 0.1) is 0 Å². The van der Waals surface area contributed by atoms with Crippen molar-refractivity contribution in [2.75, 3.05) is 17.3 Å². The summed E-state index contributed by atoms with van der Waals surface area (Å²) in [5.41, 5.74) is 3.74. The van der Waals surface area contributed by atoms with Crippen molar-refractivity contribution < 1.29 is 13.2 Å². The van der Waals surface area contributed by atoms with E-state index in [2.05, 4.69) is 10.4 Å². The molecule has 0 bridgehead atoms. The quantitative estimate of drug-likeness (QED) is 0.343. The molecule has 0 saturated carbocycles. The van der Waals surface area contributed by atoms with Crippen LogP contribution in [0.5, 0.6) is 0 Å². The number of nitrogens with two attached hydrogens (primary N) is 1. The topological polar surface area (TPSA) is 107 Å². The Morgan fingerprint density at radius 1 is 1.35 bits per heavy atom. The zero-order valence-electron chi connectivity index (χ0n) is 11.8. The maximum absolute atomic E-state index is 11.4. The van der Waals surface area contributed by atoms with Crippen molar-refractivity contribution in [3.63, 3.8) is 0 Å². The summed E-state index contributed by atoms with van der Waals surface area (Å²) in [5, 5.41) is 0.639. The third-order valence-electron chi connectivity index (χ3n) is 3.31. The largest absolute Gasteiger partial charge is 0.314 e. The normalized spacial score (nSPS) is 16.0. The summed E-state index contributed by atoms with van der Waals surface area (Å²) in [6.45, 7) is 0. The van der Waals surface area contributed by atoms with Crippen LogP contribution in [0.2, 0.25) is 0 Å². The summed E-state index contributed by atoms with van der Waals surface area (Å²) in [6, 6.07) is 7.41. The van der Waals surface area contributed by atoms with E-state index in [1.54, 1.807) is 0 Å². The van der Waals surface area contributed by atoms with Gasteiger partial charge in [-0.1, -0.05) is 23.9 Å². The standard InChI is InChI=1S/C12H14N4O3S2.2ClH/c13-15-11(17)5-20-12-14-9-3-1-2-4-10(9)16(12)8-6-21(18,19)7-8;;/h1-4,8H,5-7,13H2,(H,15,17);2*1H. The number of nitrogens with one attached hydrogen (secondary N) is 1. The first kappa shape index (κ1) is 20.0. The minimum atomic E-state index is -2.94. The van der Waals surface area contributed by atoms with Crippen LogP contribution in [0.1, 0.15) is 6.04 Å². The fraction of sp³-hybridized carbons (Fsp3) is 0.333. The van der Waals surface area contributed by atoms with E-state index in [1.807, 2.05) is 28.8 Å². The number of rotatable bonds is 4. The van der Waals surface area contributed by atoms with Crippen LogP contribution in [0.4, 0.5) is 0 Å². The molecule has 1 aliphatic heterocycles. The number of carbonyl (C=O) groups excluding carboxylic acids is 1. The Balaban J connectivity index is 0.00000132. The summed E-state index contributed by atoms with van der Waals surface area (Å²) >= 11 is 1.25. The van der Waals surface area contributed by atoms with Gasteiger partial charge in [-0.3, -0.25) is 10.2 Å². The van der Waals surface area contributed by atoms with E-state index < -0.39 is 9.84 Å². The minimum Gasteiger partial charge on any atom is -0.314 e. The first-order chi connectivity index (χ1) is 10.00. The van der Waals surface area contributed by atoms with Crippen LogP contribution in [-0.4, -0.2) is 41.1 Å². The van der Waals surface area contributed by atoms with Crippen LogP contribution in [0.25, 0.3) is 11.0 Å². The Morgan fingerprint density at radius 2 is 2.00 bits per heavy atom. The number of carbonyl (C=O) groups is 1. The highest BCUT2D eigenvalue weighted by atomic mass is 35.5. The maximum Gasteiger partial charge on any atom is 0.244 e. The Labute approximate surface area is 150 Å². The molecule has 1 aliphatic rings. The van der Waals surface area contributed by atoms with Crippen molar-refractivity contribution in [1.82, 2.24) is 15.0 Å². The monoisotopic (exact) mass is 398 g/mol. The molecule has 2 aromatic rings. The fourth-order valence-corrected chi connectivity index (χ4v) is 4.60. The van der Waals surface area contributed by atoms with Gasteiger partial charge in [0.2, 0.25) is 5.91 Å². The summed E-state index contributed by atoms with van der Waals surface area (Å²) in [7, 11) is -2.94. The minimum absolute atomic E-state index is 0. The number of nitrogens with zero attached hydrogens (tertiary/aromatic N) is 2. The second-order valence-corrected chi connectivity index (χ2v) is 7.94. The van der Waals surface area contributed by atoms with Crippen molar-refractivity contribution in [3.8, 4) is 0 Å². The van der Waals surface area contributed by atoms with E-state index in [9.17, 15) is 13.2 Å². The Morgan fingerprint density at radius 3 is 2.61 bits per heavy atom. The lowest BCUT2D eigenvalue weighted by Gasteiger charge is -2.28. The summed E-state index contributed by atoms with van der Waals surface area (Å²) in [6.07, 6.45) is 0. The molecule has 0 radical (unpaired) electrons. The van der Waals surface area contributed by atoms with Crippen LogP contribution in [-0.2, 0) is 14.6 Å². The molecule has 0 aliphatic carbocycles. The number of hydrogen-bond acceptors (Lipinski definition) is 6. The van der Waals surface area contributed by atoms with E-state index in [4.69, 9.17) is 5.84 Å². The highest BCUT2D eigenvalue weighted by molar-refractivity contribution is 7.99. The van der Waals surface area contributed by atoms with E-state index in [-0.39, 0.29) is 54.0 Å². The number of fused-ring (bicyclic) bond motifs is 1. The number of hydrogen-bond donors (Lipinski definition) is 2. The van der Waals surface area contributed by atoms with Gasteiger partial charge >= 0.3 is 0 Å². The average Bonchev–Trinajstić information content (AvgIpc) is 2.80. The number of amides is 1. The third kappa shape index (κ3) is 4.10. The summed E-state index contributed by atoms with van der Waals surface area (Å²) in [5.74, 6) is 5.13. The van der Waals surface area contributed by atoms with Gasteiger partial charge in [-0.05, 0) is 12.1 Å². The molecule has 1 fully saturated rings. The first-order valence-corrected chi connectivity index (χ1v) is 9.10. The van der Waals surface area contributed by atoms with Crippen molar-refractivity contribution in [3.05, 3.63) is 24.3 Å². The number of para-hydroxylation sites is 2. The van der Waals surface area contributed by atoms with E-state index in [1.165, 1.54) is 11.8 Å². The van der Waals surface area contributed by atoms with Gasteiger partial charge < -0.3 is 4.57 Å². The van der Waals surface area contributed by atoms with Gasteiger partial charge in [0.15, 0.2) is 15.0 Å². The Hall–Kier alpha value is -1.00. The van der Waals surface area contributed by atoms with Crippen molar-refractivity contribution in [1.29, 1.82) is 0 Å².